The average molecular weight is 280 g/mol. The summed E-state index contributed by atoms with van der Waals surface area (Å²) in [5, 5.41) is 19.3. The highest BCUT2D eigenvalue weighted by molar-refractivity contribution is 6.30. The highest BCUT2D eigenvalue weighted by Gasteiger charge is 2.10. The zero-order valence-electron chi connectivity index (χ0n) is 10.5. The summed E-state index contributed by atoms with van der Waals surface area (Å²) in [7, 11) is 0. The van der Waals surface area contributed by atoms with Gasteiger partial charge in [-0.15, -0.1) is 0 Å². The molecule has 3 aromatic rings. The Morgan fingerprint density at radius 3 is 2.50 bits per heavy atom. The molecular weight excluding hydrogens is 270 g/mol. The van der Waals surface area contributed by atoms with Gasteiger partial charge >= 0.3 is 0 Å². The number of rotatable bonds is 2. The summed E-state index contributed by atoms with van der Waals surface area (Å²) < 4.78 is 0. The van der Waals surface area contributed by atoms with Crippen LogP contribution in [0.5, 0.6) is 0 Å². The van der Waals surface area contributed by atoms with Crippen LogP contribution in [0.15, 0.2) is 48.5 Å². The van der Waals surface area contributed by atoms with E-state index >= 15 is 0 Å². The number of fused-ring (bicyclic) bond motifs is 1. The molecule has 20 heavy (non-hydrogen) atoms. The van der Waals surface area contributed by atoms with Gasteiger partial charge in [0, 0.05) is 16.8 Å². The SMILES string of the molecule is N#Cc1c(Cc2ccc(Cl)cc2)nnc2ccccc12. The second kappa shape index (κ2) is 5.28. The van der Waals surface area contributed by atoms with Crippen LogP contribution in [0.25, 0.3) is 10.9 Å². The van der Waals surface area contributed by atoms with Crippen molar-refractivity contribution < 1.29 is 0 Å². The summed E-state index contributed by atoms with van der Waals surface area (Å²) in [5.74, 6) is 0. The fourth-order valence-corrected chi connectivity index (χ4v) is 2.26. The van der Waals surface area contributed by atoms with Gasteiger partial charge in [0.05, 0.1) is 16.8 Å². The summed E-state index contributed by atoms with van der Waals surface area (Å²) in [6, 6.07) is 17.3. The van der Waals surface area contributed by atoms with E-state index in [1.165, 1.54) is 0 Å². The van der Waals surface area contributed by atoms with Gasteiger partial charge in [-0.05, 0) is 23.8 Å². The van der Waals surface area contributed by atoms with Crippen LogP contribution in [0.4, 0.5) is 0 Å². The van der Waals surface area contributed by atoms with Crippen molar-refractivity contribution in [2.75, 3.05) is 0 Å². The number of nitrogens with zero attached hydrogens (tertiary/aromatic N) is 3. The highest BCUT2D eigenvalue weighted by atomic mass is 35.5. The molecule has 2 aromatic carbocycles. The molecule has 0 saturated heterocycles. The molecule has 0 spiro atoms. The molecule has 0 fully saturated rings. The Labute approximate surface area is 121 Å². The number of hydrogen-bond donors (Lipinski definition) is 0. The Hall–Kier alpha value is -2.44. The quantitative estimate of drug-likeness (QED) is 0.718. The van der Waals surface area contributed by atoms with Crippen LogP contribution in [0.2, 0.25) is 5.02 Å². The number of nitriles is 1. The standard InChI is InChI=1S/C16H10ClN3/c17-12-7-5-11(6-8-12)9-16-14(10-18)13-3-1-2-4-15(13)19-20-16/h1-8H,9H2. The summed E-state index contributed by atoms with van der Waals surface area (Å²) in [4.78, 5) is 0. The van der Waals surface area contributed by atoms with Crippen molar-refractivity contribution in [3.8, 4) is 6.07 Å². The zero-order valence-corrected chi connectivity index (χ0v) is 11.3. The summed E-state index contributed by atoms with van der Waals surface area (Å²) >= 11 is 5.87. The van der Waals surface area contributed by atoms with E-state index in [9.17, 15) is 5.26 Å². The highest BCUT2D eigenvalue weighted by Crippen LogP contribution is 2.20. The monoisotopic (exact) mass is 279 g/mol. The van der Waals surface area contributed by atoms with Crippen molar-refractivity contribution in [1.29, 1.82) is 5.26 Å². The number of benzene rings is 2. The minimum absolute atomic E-state index is 0.567. The van der Waals surface area contributed by atoms with E-state index in [0.717, 1.165) is 16.5 Å². The maximum Gasteiger partial charge on any atom is 0.102 e. The molecule has 0 radical (unpaired) electrons. The van der Waals surface area contributed by atoms with Crippen LogP contribution < -0.4 is 0 Å². The number of halogens is 1. The molecule has 0 amide bonds. The van der Waals surface area contributed by atoms with Crippen molar-refractivity contribution in [3.63, 3.8) is 0 Å². The zero-order chi connectivity index (χ0) is 13.9. The van der Waals surface area contributed by atoms with E-state index in [1.54, 1.807) is 0 Å². The molecule has 0 atom stereocenters. The normalized spacial score (nSPS) is 10.4. The van der Waals surface area contributed by atoms with Gasteiger partial charge in [-0.3, -0.25) is 0 Å². The molecule has 0 bridgehead atoms. The molecule has 0 unspecified atom stereocenters. The lowest BCUT2D eigenvalue weighted by Gasteiger charge is -2.05. The Balaban J connectivity index is 2.08. The van der Waals surface area contributed by atoms with Crippen molar-refractivity contribution in [2.24, 2.45) is 0 Å². The third-order valence-corrected chi connectivity index (χ3v) is 3.39. The van der Waals surface area contributed by atoms with Gasteiger partial charge in [0.25, 0.3) is 0 Å². The number of hydrogen-bond acceptors (Lipinski definition) is 3. The van der Waals surface area contributed by atoms with E-state index in [1.807, 2.05) is 48.5 Å². The molecule has 3 rings (SSSR count). The van der Waals surface area contributed by atoms with Crippen molar-refractivity contribution in [1.82, 2.24) is 10.2 Å². The van der Waals surface area contributed by atoms with Crippen LogP contribution in [-0.2, 0) is 6.42 Å². The second-order valence-electron chi connectivity index (χ2n) is 4.45. The van der Waals surface area contributed by atoms with Crippen LogP contribution in [0.3, 0.4) is 0 Å². The first-order valence-electron chi connectivity index (χ1n) is 6.17. The Morgan fingerprint density at radius 1 is 1.00 bits per heavy atom. The third kappa shape index (κ3) is 2.34. The molecule has 0 aliphatic carbocycles. The van der Waals surface area contributed by atoms with E-state index in [2.05, 4.69) is 16.3 Å². The molecule has 1 heterocycles. The van der Waals surface area contributed by atoms with Crippen molar-refractivity contribution in [3.05, 3.63) is 70.4 Å². The summed E-state index contributed by atoms with van der Waals surface area (Å²) in [6.07, 6.45) is 0.567. The average Bonchev–Trinajstić information content (AvgIpc) is 2.49. The predicted molar refractivity (Wildman–Crippen MR) is 78.5 cm³/mol. The Bertz CT molecular complexity index is 804. The van der Waals surface area contributed by atoms with E-state index in [-0.39, 0.29) is 0 Å². The lowest BCUT2D eigenvalue weighted by atomic mass is 10.0. The van der Waals surface area contributed by atoms with Crippen LogP contribution in [0, 0.1) is 11.3 Å². The van der Waals surface area contributed by atoms with Gasteiger partial charge in [0.15, 0.2) is 0 Å². The lowest BCUT2D eigenvalue weighted by Crippen LogP contribution is -2.00. The van der Waals surface area contributed by atoms with Crippen molar-refractivity contribution in [2.45, 2.75) is 6.42 Å². The minimum Gasteiger partial charge on any atom is -0.192 e. The molecule has 0 N–H and O–H groups in total. The van der Waals surface area contributed by atoms with Gasteiger partial charge in [0.1, 0.15) is 6.07 Å². The molecular formula is C16H10ClN3. The molecule has 96 valence electrons. The largest absolute Gasteiger partial charge is 0.192 e. The van der Waals surface area contributed by atoms with Gasteiger partial charge < -0.3 is 0 Å². The van der Waals surface area contributed by atoms with Crippen molar-refractivity contribution >= 4 is 22.5 Å². The summed E-state index contributed by atoms with van der Waals surface area (Å²) in [6.45, 7) is 0. The summed E-state index contributed by atoms with van der Waals surface area (Å²) in [5.41, 5.74) is 3.07. The first-order chi connectivity index (χ1) is 9.78. The Morgan fingerprint density at radius 2 is 1.75 bits per heavy atom. The first-order valence-corrected chi connectivity index (χ1v) is 6.54. The van der Waals surface area contributed by atoms with Gasteiger partial charge in [-0.1, -0.05) is 41.9 Å². The maximum atomic E-state index is 9.40. The van der Waals surface area contributed by atoms with Gasteiger partial charge in [-0.25, -0.2) is 0 Å². The Kier molecular flexibility index (Phi) is 3.32. The fourth-order valence-electron chi connectivity index (χ4n) is 2.14. The third-order valence-electron chi connectivity index (χ3n) is 3.14. The van der Waals surface area contributed by atoms with Crippen LogP contribution >= 0.6 is 11.6 Å². The van der Waals surface area contributed by atoms with Gasteiger partial charge in [0.2, 0.25) is 0 Å². The fraction of sp³-hybridized carbons (Fsp3) is 0.0625. The van der Waals surface area contributed by atoms with Crippen LogP contribution in [0.1, 0.15) is 16.8 Å². The van der Waals surface area contributed by atoms with Gasteiger partial charge in [-0.2, -0.15) is 15.5 Å². The minimum atomic E-state index is 0.567. The molecule has 0 aliphatic heterocycles. The smallest absolute Gasteiger partial charge is 0.102 e. The van der Waals surface area contributed by atoms with E-state index in [4.69, 9.17) is 11.6 Å². The molecule has 3 nitrogen and oxygen atoms in total. The van der Waals surface area contributed by atoms with E-state index in [0.29, 0.717) is 22.7 Å². The lowest BCUT2D eigenvalue weighted by molar-refractivity contribution is 0.958. The maximum absolute atomic E-state index is 9.40. The molecule has 4 heteroatoms. The molecule has 0 aliphatic rings. The number of aromatic nitrogens is 2. The van der Waals surface area contributed by atoms with Crippen LogP contribution in [-0.4, -0.2) is 10.2 Å². The molecule has 0 saturated carbocycles. The second-order valence-corrected chi connectivity index (χ2v) is 4.89. The topological polar surface area (TPSA) is 49.6 Å². The molecule has 1 aromatic heterocycles. The van der Waals surface area contributed by atoms with E-state index < -0.39 is 0 Å². The first kappa shape index (κ1) is 12.6. The predicted octanol–water partition coefficient (Wildman–Crippen LogP) is 3.75.